The van der Waals surface area contributed by atoms with E-state index in [4.69, 9.17) is 4.42 Å². The molecule has 3 aromatic rings. The van der Waals surface area contributed by atoms with Crippen molar-refractivity contribution in [2.45, 2.75) is 6.92 Å². The van der Waals surface area contributed by atoms with Crippen LogP contribution in [-0.2, 0) is 4.79 Å². The minimum Gasteiger partial charge on any atom is -0.457 e. The highest BCUT2D eigenvalue weighted by Crippen LogP contribution is 2.28. The second-order valence-electron chi connectivity index (χ2n) is 6.06. The maximum absolute atomic E-state index is 12.8. The highest BCUT2D eigenvalue weighted by atomic mass is 16.3. The maximum atomic E-state index is 12.8. The molecule has 0 spiro atoms. The van der Waals surface area contributed by atoms with Gasteiger partial charge in [0.25, 0.3) is 5.91 Å². The van der Waals surface area contributed by atoms with Crippen molar-refractivity contribution in [1.82, 2.24) is 0 Å². The van der Waals surface area contributed by atoms with Gasteiger partial charge in [0, 0.05) is 5.56 Å². The van der Waals surface area contributed by atoms with Crippen molar-refractivity contribution in [2.24, 2.45) is 5.10 Å². The third-order valence-corrected chi connectivity index (χ3v) is 4.29. The van der Waals surface area contributed by atoms with Gasteiger partial charge in [-0.05, 0) is 49.4 Å². The van der Waals surface area contributed by atoms with E-state index in [0.29, 0.717) is 34.1 Å². The molecule has 0 unspecified atom stereocenters. The molecule has 27 heavy (non-hydrogen) atoms. The van der Waals surface area contributed by atoms with Gasteiger partial charge in [0.2, 0.25) is 0 Å². The van der Waals surface area contributed by atoms with Crippen molar-refractivity contribution < 1.29 is 9.21 Å². The Labute approximate surface area is 156 Å². The van der Waals surface area contributed by atoms with Crippen molar-refractivity contribution in [3.63, 3.8) is 0 Å². The molecular weight excluding hydrogens is 338 g/mol. The molecule has 0 N–H and O–H groups in total. The molecule has 0 aliphatic carbocycles. The summed E-state index contributed by atoms with van der Waals surface area (Å²) in [6.07, 6.45) is 1.68. The summed E-state index contributed by atoms with van der Waals surface area (Å²) in [5.74, 6) is 0.915. The standard InChI is InChI=1S/C22H15N3O2/c1-15-20(22(26)25(24-15)17-8-3-2-4-9-17)13-18-11-12-21(27-18)19-10-6-5-7-16(19)14-23/h2-13H,1H3. The largest absolute Gasteiger partial charge is 0.457 e. The summed E-state index contributed by atoms with van der Waals surface area (Å²) in [6.45, 7) is 1.79. The Kier molecular flexibility index (Phi) is 4.15. The van der Waals surface area contributed by atoms with Crippen LogP contribution in [0.3, 0.4) is 0 Å². The smallest absolute Gasteiger partial charge is 0.280 e. The van der Waals surface area contributed by atoms with Crippen LogP contribution < -0.4 is 5.01 Å². The molecule has 1 aliphatic rings. The lowest BCUT2D eigenvalue weighted by Gasteiger charge is -2.10. The number of nitriles is 1. The van der Waals surface area contributed by atoms with Crippen molar-refractivity contribution in [3.8, 4) is 17.4 Å². The summed E-state index contributed by atoms with van der Waals surface area (Å²) in [5.41, 5.74) is 3.08. The van der Waals surface area contributed by atoms with Gasteiger partial charge in [-0.15, -0.1) is 0 Å². The molecule has 0 bridgehead atoms. The highest BCUT2D eigenvalue weighted by Gasteiger charge is 2.28. The van der Waals surface area contributed by atoms with Crippen LogP contribution in [0.15, 0.2) is 81.8 Å². The zero-order valence-corrected chi connectivity index (χ0v) is 14.6. The number of rotatable bonds is 3. The van der Waals surface area contributed by atoms with Gasteiger partial charge >= 0.3 is 0 Å². The van der Waals surface area contributed by atoms with Gasteiger partial charge in [-0.1, -0.05) is 30.3 Å². The fourth-order valence-electron chi connectivity index (χ4n) is 2.94. The summed E-state index contributed by atoms with van der Waals surface area (Å²) in [5, 5.41) is 15.0. The van der Waals surface area contributed by atoms with E-state index in [0.717, 1.165) is 5.56 Å². The van der Waals surface area contributed by atoms with Crippen LogP contribution in [0.2, 0.25) is 0 Å². The molecule has 5 heteroatoms. The maximum Gasteiger partial charge on any atom is 0.280 e. The van der Waals surface area contributed by atoms with Gasteiger partial charge in [-0.2, -0.15) is 15.4 Å². The highest BCUT2D eigenvalue weighted by molar-refractivity contribution is 6.32. The molecule has 1 aromatic heterocycles. The Bertz CT molecular complexity index is 1120. The Morgan fingerprint density at radius 3 is 2.56 bits per heavy atom. The quantitative estimate of drug-likeness (QED) is 0.645. The van der Waals surface area contributed by atoms with Gasteiger partial charge in [-0.25, -0.2) is 0 Å². The van der Waals surface area contributed by atoms with E-state index in [1.54, 1.807) is 31.2 Å². The Balaban J connectivity index is 1.66. The molecule has 0 saturated carbocycles. The average molecular weight is 353 g/mol. The second kappa shape index (κ2) is 6.77. The molecule has 130 valence electrons. The van der Waals surface area contributed by atoms with E-state index in [1.807, 2.05) is 48.5 Å². The molecule has 0 radical (unpaired) electrons. The summed E-state index contributed by atoms with van der Waals surface area (Å²) in [6, 6.07) is 22.3. The predicted molar refractivity (Wildman–Crippen MR) is 104 cm³/mol. The fraction of sp³-hybridized carbons (Fsp3) is 0.0455. The Morgan fingerprint density at radius 1 is 1.04 bits per heavy atom. The van der Waals surface area contributed by atoms with E-state index in [-0.39, 0.29) is 5.91 Å². The molecule has 0 fully saturated rings. The number of para-hydroxylation sites is 1. The minimum absolute atomic E-state index is 0.200. The Hall–Kier alpha value is -3.91. The molecule has 2 aromatic carbocycles. The third kappa shape index (κ3) is 3.05. The van der Waals surface area contributed by atoms with Crippen LogP contribution in [0.1, 0.15) is 18.2 Å². The van der Waals surface area contributed by atoms with Crippen LogP contribution in [-0.4, -0.2) is 11.6 Å². The first-order valence-corrected chi connectivity index (χ1v) is 8.43. The van der Waals surface area contributed by atoms with Gasteiger partial charge in [0.15, 0.2) is 0 Å². The van der Waals surface area contributed by atoms with Gasteiger partial charge < -0.3 is 4.42 Å². The van der Waals surface area contributed by atoms with Crippen molar-refractivity contribution >= 4 is 23.4 Å². The van der Waals surface area contributed by atoms with Gasteiger partial charge in [0.05, 0.1) is 28.6 Å². The molecule has 1 aliphatic heterocycles. The zero-order chi connectivity index (χ0) is 18.8. The summed E-state index contributed by atoms with van der Waals surface area (Å²) >= 11 is 0. The molecule has 4 rings (SSSR count). The molecule has 0 saturated heterocycles. The fourth-order valence-corrected chi connectivity index (χ4v) is 2.94. The number of benzene rings is 2. The van der Waals surface area contributed by atoms with Crippen molar-refractivity contribution in [3.05, 3.63) is 83.6 Å². The summed E-state index contributed by atoms with van der Waals surface area (Å²) in [4.78, 5) is 12.8. The summed E-state index contributed by atoms with van der Waals surface area (Å²) < 4.78 is 5.86. The van der Waals surface area contributed by atoms with Gasteiger partial charge in [-0.3, -0.25) is 4.79 Å². The molecule has 5 nitrogen and oxygen atoms in total. The Morgan fingerprint density at radius 2 is 1.78 bits per heavy atom. The van der Waals surface area contributed by atoms with Gasteiger partial charge in [0.1, 0.15) is 11.5 Å². The van der Waals surface area contributed by atoms with E-state index in [1.165, 1.54) is 5.01 Å². The number of hydrazone groups is 1. The molecule has 0 atom stereocenters. The van der Waals surface area contributed by atoms with E-state index in [9.17, 15) is 10.1 Å². The number of furan rings is 1. The zero-order valence-electron chi connectivity index (χ0n) is 14.6. The number of hydrogen-bond acceptors (Lipinski definition) is 4. The monoisotopic (exact) mass is 353 g/mol. The van der Waals surface area contributed by atoms with Crippen LogP contribution in [0.25, 0.3) is 17.4 Å². The van der Waals surface area contributed by atoms with E-state index in [2.05, 4.69) is 11.2 Å². The minimum atomic E-state index is -0.200. The summed E-state index contributed by atoms with van der Waals surface area (Å²) in [7, 11) is 0. The number of carbonyl (C=O) groups is 1. The number of hydrogen-bond donors (Lipinski definition) is 0. The van der Waals surface area contributed by atoms with Crippen molar-refractivity contribution in [2.75, 3.05) is 5.01 Å². The third-order valence-electron chi connectivity index (χ3n) is 4.29. The first-order chi connectivity index (χ1) is 13.2. The lowest BCUT2D eigenvalue weighted by atomic mass is 10.1. The van der Waals surface area contributed by atoms with Crippen LogP contribution in [0.4, 0.5) is 5.69 Å². The number of carbonyl (C=O) groups excluding carboxylic acids is 1. The normalized spacial score (nSPS) is 15.1. The van der Waals surface area contributed by atoms with Crippen molar-refractivity contribution in [1.29, 1.82) is 5.26 Å². The molecule has 2 heterocycles. The first kappa shape index (κ1) is 16.6. The molecular formula is C22H15N3O2. The van der Waals surface area contributed by atoms with Crippen LogP contribution in [0.5, 0.6) is 0 Å². The first-order valence-electron chi connectivity index (χ1n) is 8.43. The second-order valence-corrected chi connectivity index (χ2v) is 6.06. The SMILES string of the molecule is CC1=NN(c2ccccc2)C(=O)C1=Cc1ccc(-c2ccccc2C#N)o1. The lowest BCUT2D eigenvalue weighted by Crippen LogP contribution is -2.21. The number of amides is 1. The molecule has 1 amide bonds. The van der Waals surface area contributed by atoms with E-state index >= 15 is 0 Å². The van der Waals surface area contributed by atoms with Crippen LogP contribution in [0, 0.1) is 11.3 Å². The lowest BCUT2D eigenvalue weighted by molar-refractivity contribution is -0.114. The van der Waals surface area contributed by atoms with Crippen LogP contribution >= 0.6 is 0 Å². The topological polar surface area (TPSA) is 69.6 Å². The predicted octanol–water partition coefficient (Wildman–Crippen LogP) is 4.62. The average Bonchev–Trinajstić information content (AvgIpc) is 3.29. The van der Waals surface area contributed by atoms with E-state index < -0.39 is 0 Å². The number of anilines is 1. The number of nitrogens with zero attached hydrogens (tertiary/aromatic N) is 3.